The summed E-state index contributed by atoms with van der Waals surface area (Å²) < 4.78 is 4.98. The van der Waals surface area contributed by atoms with E-state index in [4.69, 9.17) is 4.74 Å². The third-order valence-corrected chi connectivity index (χ3v) is 1.55. The molecule has 0 fully saturated rings. The van der Waals surface area contributed by atoms with Crippen LogP contribution in [0.1, 0.15) is 20.3 Å². The van der Waals surface area contributed by atoms with Crippen LogP contribution in [0.25, 0.3) is 0 Å². The number of rotatable bonds is 4. The second-order valence-electron chi connectivity index (χ2n) is 2.58. The van der Waals surface area contributed by atoms with E-state index in [0.717, 1.165) is 6.61 Å². The fraction of sp³-hybridized carbons (Fsp3) is 1.00. The smallest absolute Gasteiger partial charge is 0.0488 e. The van der Waals surface area contributed by atoms with Crippen LogP contribution < -0.4 is 0 Å². The van der Waals surface area contributed by atoms with E-state index in [-0.39, 0.29) is 0 Å². The van der Waals surface area contributed by atoms with Gasteiger partial charge >= 0.3 is 0 Å². The molecule has 0 rings (SSSR count). The van der Waals surface area contributed by atoms with Crippen molar-refractivity contribution in [2.24, 2.45) is 5.92 Å². The first-order valence-electron chi connectivity index (χ1n) is 3.29. The number of alkyl halides is 1. The third kappa shape index (κ3) is 6.32. The summed E-state index contributed by atoms with van der Waals surface area (Å²) in [6.45, 7) is 5.23. The van der Waals surface area contributed by atoms with Crippen LogP contribution in [0.5, 0.6) is 0 Å². The van der Waals surface area contributed by atoms with Crippen LogP contribution in [-0.4, -0.2) is 18.5 Å². The summed E-state index contributed by atoms with van der Waals surface area (Å²) in [6, 6.07) is 0. The number of hydrogen-bond donors (Lipinski definition) is 0. The largest absolute Gasteiger partial charge is 0.384 e. The maximum absolute atomic E-state index is 4.98. The van der Waals surface area contributed by atoms with Gasteiger partial charge in [-0.1, -0.05) is 29.8 Å². The Morgan fingerprint density at radius 2 is 2.00 bits per heavy atom. The molecular formula is C7H15BrO. The highest BCUT2D eigenvalue weighted by Crippen LogP contribution is 2.11. The fourth-order valence-electron chi connectivity index (χ4n) is 0.907. The van der Waals surface area contributed by atoms with Crippen LogP contribution >= 0.6 is 15.9 Å². The molecule has 0 N–H and O–H groups in total. The van der Waals surface area contributed by atoms with Gasteiger partial charge in [0.15, 0.2) is 0 Å². The van der Waals surface area contributed by atoms with E-state index in [1.807, 2.05) is 0 Å². The maximum atomic E-state index is 4.98. The van der Waals surface area contributed by atoms with Crippen molar-refractivity contribution in [3.8, 4) is 0 Å². The zero-order valence-corrected chi connectivity index (χ0v) is 7.94. The Morgan fingerprint density at radius 3 is 2.33 bits per heavy atom. The van der Waals surface area contributed by atoms with Crippen molar-refractivity contribution in [2.75, 3.05) is 13.7 Å². The molecule has 1 nitrogen and oxygen atoms in total. The van der Waals surface area contributed by atoms with Crippen molar-refractivity contribution in [1.29, 1.82) is 0 Å². The van der Waals surface area contributed by atoms with E-state index in [0.29, 0.717) is 10.7 Å². The quantitative estimate of drug-likeness (QED) is 0.626. The molecule has 56 valence electrons. The lowest BCUT2D eigenvalue weighted by atomic mass is 10.1. The summed E-state index contributed by atoms with van der Waals surface area (Å²) in [7, 11) is 1.75. The Kier molecular flexibility index (Phi) is 5.50. The Bertz CT molecular complexity index is 63.9. The molecule has 2 unspecified atom stereocenters. The van der Waals surface area contributed by atoms with E-state index in [2.05, 4.69) is 29.8 Å². The molecule has 2 heteroatoms. The summed E-state index contributed by atoms with van der Waals surface area (Å²) in [4.78, 5) is 0.614. The second kappa shape index (κ2) is 5.24. The average molecular weight is 195 g/mol. The number of ether oxygens (including phenoxy) is 1. The van der Waals surface area contributed by atoms with Crippen LogP contribution in [0.15, 0.2) is 0 Å². The zero-order chi connectivity index (χ0) is 7.28. The summed E-state index contributed by atoms with van der Waals surface area (Å²) in [5.74, 6) is 0.671. The van der Waals surface area contributed by atoms with Gasteiger partial charge in [0.25, 0.3) is 0 Å². The van der Waals surface area contributed by atoms with E-state index in [9.17, 15) is 0 Å². The SMILES string of the molecule is COCC(C)CC(C)Br. The number of hydrogen-bond acceptors (Lipinski definition) is 1. The molecule has 0 amide bonds. The van der Waals surface area contributed by atoms with Crippen LogP contribution in [-0.2, 0) is 4.74 Å². The van der Waals surface area contributed by atoms with Crippen LogP contribution in [0, 0.1) is 5.92 Å². The standard InChI is InChI=1S/C7H15BrO/c1-6(5-9-3)4-7(2)8/h6-7H,4-5H2,1-3H3. The van der Waals surface area contributed by atoms with Crippen LogP contribution in [0.2, 0.25) is 0 Å². The van der Waals surface area contributed by atoms with Crippen molar-refractivity contribution in [1.82, 2.24) is 0 Å². The fourth-order valence-corrected chi connectivity index (χ4v) is 1.55. The number of halogens is 1. The van der Waals surface area contributed by atoms with Crippen molar-refractivity contribution in [3.63, 3.8) is 0 Å². The highest BCUT2D eigenvalue weighted by atomic mass is 79.9. The molecule has 0 aliphatic rings. The van der Waals surface area contributed by atoms with Crippen LogP contribution in [0.4, 0.5) is 0 Å². The molecule has 0 aliphatic carbocycles. The molecule has 0 aliphatic heterocycles. The summed E-state index contributed by atoms with van der Waals surface area (Å²) >= 11 is 3.49. The minimum atomic E-state index is 0.614. The van der Waals surface area contributed by atoms with Crippen molar-refractivity contribution < 1.29 is 4.74 Å². The van der Waals surface area contributed by atoms with E-state index < -0.39 is 0 Å². The summed E-state index contributed by atoms with van der Waals surface area (Å²) in [5, 5.41) is 0. The van der Waals surface area contributed by atoms with Crippen LogP contribution in [0.3, 0.4) is 0 Å². The Labute approximate surface area is 65.9 Å². The monoisotopic (exact) mass is 194 g/mol. The lowest BCUT2D eigenvalue weighted by molar-refractivity contribution is 0.156. The van der Waals surface area contributed by atoms with Crippen molar-refractivity contribution in [3.05, 3.63) is 0 Å². The third-order valence-electron chi connectivity index (χ3n) is 1.18. The molecule has 0 aromatic rings. The molecule has 0 aromatic heterocycles. The molecule has 2 atom stereocenters. The molecule has 0 radical (unpaired) electrons. The normalized spacial score (nSPS) is 17.3. The van der Waals surface area contributed by atoms with Gasteiger partial charge in [-0.15, -0.1) is 0 Å². The van der Waals surface area contributed by atoms with E-state index in [1.165, 1.54) is 6.42 Å². The van der Waals surface area contributed by atoms with Gasteiger partial charge in [-0.2, -0.15) is 0 Å². The van der Waals surface area contributed by atoms with Gasteiger partial charge in [0, 0.05) is 18.5 Å². The highest BCUT2D eigenvalue weighted by Gasteiger charge is 2.03. The van der Waals surface area contributed by atoms with E-state index >= 15 is 0 Å². The number of methoxy groups -OCH3 is 1. The van der Waals surface area contributed by atoms with Gasteiger partial charge in [0.1, 0.15) is 0 Å². The molecule has 0 saturated heterocycles. The van der Waals surface area contributed by atoms with Gasteiger partial charge < -0.3 is 4.74 Å². The second-order valence-corrected chi connectivity index (χ2v) is 4.14. The molecule has 0 aromatic carbocycles. The van der Waals surface area contributed by atoms with Crippen molar-refractivity contribution >= 4 is 15.9 Å². The van der Waals surface area contributed by atoms with Gasteiger partial charge in [-0.25, -0.2) is 0 Å². The van der Waals surface area contributed by atoms with Crippen molar-refractivity contribution in [2.45, 2.75) is 25.1 Å². The maximum Gasteiger partial charge on any atom is 0.0488 e. The molecular weight excluding hydrogens is 180 g/mol. The van der Waals surface area contributed by atoms with Gasteiger partial charge in [-0.05, 0) is 12.3 Å². The average Bonchev–Trinajstić information content (AvgIpc) is 1.63. The molecule has 0 spiro atoms. The molecule has 0 heterocycles. The van der Waals surface area contributed by atoms with E-state index in [1.54, 1.807) is 7.11 Å². The molecule has 0 bridgehead atoms. The summed E-state index contributed by atoms with van der Waals surface area (Å²) in [6.07, 6.45) is 1.19. The summed E-state index contributed by atoms with van der Waals surface area (Å²) in [5.41, 5.74) is 0. The lowest BCUT2D eigenvalue weighted by Crippen LogP contribution is -2.07. The minimum Gasteiger partial charge on any atom is -0.384 e. The van der Waals surface area contributed by atoms with Gasteiger partial charge in [-0.3, -0.25) is 0 Å². The zero-order valence-electron chi connectivity index (χ0n) is 6.36. The minimum absolute atomic E-state index is 0.614. The Balaban J connectivity index is 3.15. The van der Waals surface area contributed by atoms with Gasteiger partial charge in [0.05, 0.1) is 0 Å². The molecule has 9 heavy (non-hydrogen) atoms. The first-order chi connectivity index (χ1) is 4.16. The first-order valence-corrected chi connectivity index (χ1v) is 4.21. The van der Waals surface area contributed by atoms with Gasteiger partial charge in [0.2, 0.25) is 0 Å². The Morgan fingerprint density at radius 1 is 1.44 bits per heavy atom. The topological polar surface area (TPSA) is 9.23 Å². The lowest BCUT2D eigenvalue weighted by Gasteiger charge is -2.10. The predicted molar refractivity (Wildman–Crippen MR) is 44.0 cm³/mol. The molecule has 0 saturated carbocycles. The highest BCUT2D eigenvalue weighted by molar-refractivity contribution is 9.09. The Hall–Kier alpha value is 0.440. The first kappa shape index (κ1) is 9.44. The predicted octanol–water partition coefficient (Wildman–Crippen LogP) is 2.44.